The van der Waals surface area contributed by atoms with Crippen molar-refractivity contribution >= 4 is 5.97 Å². The average molecular weight is 163 g/mol. The van der Waals surface area contributed by atoms with Gasteiger partial charge in [0.15, 0.2) is 0 Å². The number of carbonyl (C=O) groups is 1. The minimum Gasteiger partial charge on any atom is -0.468 e. The van der Waals surface area contributed by atoms with E-state index in [9.17, 15) is 9.18 Å². The summed E-state index contributed by atoms with van der Waals surface area (Å²) in [4.78, 5) is 10.7. The van der Waals surface area contributed by atoms with Crippen LogP contribution in [0.15, 0.2) is 0 Å². The molecule has 0 aromatic heterocycles. The van der Waals surface area contributed by atoms with Crippen LogP contribution in [0, 0.1) is 5.92 Å². The van der Waals surface area contributed by atoms with E-state index in [0.717, 1.165) is 0 Å². The second-order valence-electron chi connectivity index (χ2n) is 2.74. The molecule has 0 saturated heterocycles. The van der Waals surface area contributed by atoms with Gasteiger partial charge in [0.2, 0.25) is 0 Å². The maximum Gasteiger partial charge on any atom is 0.325 e. The second-order valence-corrected chi connectivity index (χ2v) is 2.74. The van der Waals surface area contributed by atoms with E-state index in [2.05, 4.69) is 4.74 Å². The summed E-state index contributed by atoms with van der Waals surface area (Å²) in [6.07, 6.45) is -1.33. The van der Waals surface area contributed by atoms with Crippen molar-refractivity contribution in [1.29, 1.82) is 0 Å². The van der Waals surface area contributed by atoms with Gasteiger partial charge in [-0.25, -0.2) is 4.39 Å². The molecule has 0 heterocycles. The largest absolute Gasteiger partial charge is 0.468 e. The lowest BCUT2D eigenvalue weighted by molar-refractivity contribution is -0.144. The summed E-state index contributed by atoms with van der Waals surface area (Å²) in [5.41, 5.74) is 5.22. The van der Waals surface area contributed by atoms with Gasteiger partial charge in [-0.15, -0.1) is 0 Å². The van der Waals surface area contributed by atoms with Crippen LogP contribution >= 0.6 is 0 Å². The fraction of sp³-hybridized carbons (Fsp3) is 0.857. The van der Waals surface area contributed by atoms with E-state index in [4.69, 9.17) is 5.73 Å². The van der Waals surface area contributed by atoms with Gasteiger partial charge in [0.1, 0.15) is 12.2 Å². The third-order valence-corrected chi connectivity index (χ3v) is 1.45. The minimum absolute atomic E-state index is 0.260. The number of methoxy groups -OCH3 is 1. The van der Waals surface area contributed by atoms with Crippen molar-refractivity contribution in [3.63, 3.8) is 0 Å². The Bertz CT molecular complexity index is 138. The predicted molar refractivity (Wildman–Crippen MR) is 39.7 cm³/mol. The Morgan fingerprint density at radius 2 is 2.00 bits per heavy atom. The van der Waals surface area contributed by atoms with E-state index in [1.165, 1.54) is 7.11 Å². The molecule has 2 N–H and O–H groups in total. The van der Waals surface area contributed by atoms with E-state index in [1.807, 2.05) is 0 Å². The summed E-state index contributed by atoms with van der Waals surface area (Å²) in [7, 11) is 1.19. The summed E-state index contributed by atoms with van der Waals surface area (Å²) in [6.45, 7) is 3.32. The Kier molecular flexibility index (Phi) is 4.03. The maximum atomic E-state index is 12.9. The van der Waals surface area contributed by atoms with E-state index in [-0.39, 0.29) is 5.92 Å². The molecule has 0 aromatic carbocycles. The van der Waals surface area contributed by atoms with Crippen LogP contribution in [-0.4, -0.2) is 25.3 Å². The molecule has 0 aromatic rings. The topological polar surface area (TPSA) is 52.3 Å². The van der Waals surface area contributed by atoms with E-state index < -0.39 is 18.2 Å². The number of esters is 1. The summed E-state index contributed by atoms with van der Waals surface area (Å²) < 4.78 is 17.2. The Morgan fingerprint density at radius 3 is 2.27 bits per heavy atom. The Labute approximate surface area is 65.7 Å². The van der Waals surface area contributed by atoms with Crippen molar-refractivity contribution in [2.24, 2.45) is 11.7 Å². The smallest absolute Gasteiger partial charge is 0.325 e. The SMILES string of the molecule is COC(=O)[C@@H](N)C(F)C(C)C. The molecule has 0 aliphatic carbocycles. The maximum absolute atomic E-state index is 12.9. The van der Waals surface area contributed by atoms with Crippen molar-refractivity contribution in [3.8, 4) is 0 Å². The zero-order chi connectivity index (χ0) is 9.02. The molecule has 0 spiro atoms. The lowest BCUT2D eigenvalue weighted by Gasteiger charge is -2.16. The first-order chi connectivity index (χ1) is 5.00. The lowest BCUT2D eigenvalue weighted by atomic mass is 10.0. The van der Waals surface area contributed by atoms with Gasteiger partial charge in [0.25, 0.3) is 0 Å². The Hall–Kier alpha value is -0.640. The first-order valence-electron chi connectivity index (χ1n) is 3.48. The predicted octanol–water partition coefficient (Wildman–Crippen LogP) is 0.481. The molecule has 66 valence electrons. The van der Waals surface area contributed by atoms with Gasteiger partial charge >= 0.3 is 5.97 Å². The molecular weight excluding hydrogens is 149 g/mol. The third kappa shape index (κ3) is 2.84. The quantitative estimate of drug-likeness (QED) is 0.616. The zero-order valence-corrected chi connectivity index (χ0v) is 7.00. The molecule has 0 aliphatic heterocycles. The molecule has 4 heteroatoms. The molecule has 11 heavy (non-hydrogen) atoms. The van der Waals surface area contributed by atoms with Crippen molar-refractivity contribution in [1.82, 2.24) is 0 Å². The summed E-state index contributed by atoms with van der Waals surface area (Å²) >= 11 is 0. The van der Waals surface area contributed by atoms with E-state index in [0.29, 0.717) is 0 Å². The van der Waals surface area contributed by atoms with Gasteiger partial charge in [0, 0.05) is 0 Å². The van der Waals surface area contributed by atoms with Crippen LogP contribution in [0.3, 0.4) is 0 Å². The molecule has 0 saturated carbocycles. The first kappa shape index (κ1) is 10.4. The van der Waals surface area contributed by atoms with Gasteiger partial charge in [-0.05, 0) is 5.92 Å². The molecule has 0 rings (SSSR count). The molecule has 0 fully saturated rings. The monoisotopic (exact) mass is 163 g/mol. The van der Waals surface area contributed by atoms with Crippen molar-refractivity contribution in [2.45, 2.75) is 26.1 Å². The van der Waals surface area contributed by atoms with Crippen molar-refractivity contribution in [3.05, 3.63) is 0 Å². The van der Waals surface area contributed by atoms with Gasteiger partial charge in [-0.1, -0.05) is 13.8 Å². The van der Waals surface area contributed by atoms with Crippen LogP contribution in [0.4, 0.5) is 4.39 Å². The number of alkyl halides is 1. The highest BCUT2D eigenvalue weighted by atomic mass is 19.1. The lowest BCUT2D eigenvalue weighted by Crippen LogP contribution is -2.42. The average Bonchev–Trinajstić information content (AvgIpc) is 2.00. The Balaban J connectivity index is 4.01. The molecule has 1 unspecified atom stereocenters. The normalized spacial score (nSPS) is 16.2. The molecule has 3 nitrogen and oxygen atoms in total. The number of nitrogens with two attached hydrogens (primary N) is 1. The molecule has 0 aliphatic rings. The Morgan fingerprint density at radius 1 is 1.55 bits per heavy atom. The molecule has 0 amide bonds. The van der Waals surface area contributed by atoms with Crippen LogP contribution in [0.25, 0.3) is 0 Å². The standard InChI is InChI=1S/C7H14FNO2/c1-4(2)5(8)6(9)7(10)11-3/h4-6H,9H2,1-3H3/t5?,6-/m0/s1. The number of hydrogen-bond acceptors (Lipinski definition) is 3. The fourth-order valence-electron chi connectivity index (χ4n) is 0.681. The van der Waals surface area contributed by atoms with Crippen LogP contribution in [0.1, 0.15) is 13.8 Å². The third-order valence-electron chi connectivity index (χ3n) is 1.45. The van der Waals surface area contributed by atoms with Crippen LogP contribution in [0.5, 0.6) is 0 Å². The summed E-state index contributed by atoms with van der Waals surface area (Å²) in [5, 5.41) is 0. The summed E-state index contributed by atoms with van der Waals surface area (Å²) in [5.74, 6) is -0.963. The second kappa shape index (κ2) is 4.28. The zero-order valence-electron chi connectivity index (χ0n) is 7.00. The van der Waals surface area contributed by atoms with Gasteiger partial charge < -0.3 is 10.5 Å². The van der Waals surface area contributed by atoms with Gasteiger partial charge in [0.05, 0.1) is 7.11 Å². The number of rotatable bonds is 3. The summed E-state index contributed by atoms with van der Waals surface area (Å²) in [6, 6.07) is -1.15. The van der Waals surface area contributed by atoms with Gasteiger partial charge in [-0.3, -0.25) is 4.79 Å². The van der Waals surface area contributed by atoms with E-state index in [1.54, 1.807) is 13.8 Å². The molecular formula is C7H14FNO2. The van der Waals surface area contributed by atoms with Crippen molar-refractivity contribution in [2.75, 3.05) is 7.11 Å². The van der Waals surface area contributed by atoms with Gasteiger partial charge in [-0.2, -0.15) is 0 Å². The van der Waals surface area contributed by atoms with Crippen LogP contribution < -0.4 is 5.73 Å². The van der Waals surface area contributed by atoms with Crippen LogP contribution in [-0.2, 0) is 9.53 Å². The minimum atomic E-state index is -1.33. The van der Waals surface area contributed by atoms with E-state index >= 15 is 0 Å². The number of hydrogen-bond donors (Lipinski definition) is 1. The number of ether oxygens (including phenoxy) is 1. The molecule has 2 atom stereocenters. The highest BCUT2D eigenvalue weighted by molar-refractivity contribution is 5.76. The van der Waals surface area contributed by atoms with Crippen LogP contribution in [0.2, 0.25) is 0 Å². The fourth-order valence-corrected chi connectivity index (χ4v) is 0.681. The number of halogens is 1. The first-order valence-corrected chi connectivity index (χ1v) is 3.48. The highest BCUT2D eigenvalue weighted by Crippen LogP contribution is 2.09. The number of carbonyl (C=O) groups excluding carboxylic acids is 1. The molecule has 0 radical (unpaired) electrons. The van der Waals surface area contributed by atoms with Crippen molar-refractivity contribution < 1.29 is 13.9 Å². The highest BCUT2D eigenvalue weighted by Gasteiger charge is 2.27. The molecule has 0 bridgehead atoms.